The summed E-state index contributed by atoms with van der Waals surface area (Å²) in [7, 11) is 0. The summed E-state index contributed by atoms with van der Waals surface area (Å²) in [5, 5.41) is 8.76. The van der Waals surface area contributed by atoms with E-state index in [1.165, 1.54) is 0 Å². The van der Waals surface area contributed by atoms with Crippen molar-refractivity contribution < 1.29 is 4.74 Å². The van der Waals surface area contributed by atoms with Crippen LogP contribution in [0.25, 0.3) is 0 Å². The van der Waals surface area contributed by atoms with Crippen molar-refractivity contribution in [1.29, 1.82) is 5.26 Å². The van der Waals surface area contributed by atoms with Crippen molar-refractivity contribution in [3.05, 3.63) is 47.5 Å². The van der Waals surface area contributed by atoms with Gasteiger partial charge in [-0.25, -0.2) is 0 Å². The molecule has 0 heterocycles. The molecule has 0 aliphatic heterocycles. The number of nitrogens with two attached hydrogens (primary N) is 1. The maximum absolute atomic E-state index is 8.76. The average molecular weight is 202 g/mol. The van der Waals surface area contributed by atoms with Gasteiger partial charge < -0.3 is 10.5 Å². The molecule has 0 spiro atoms. The Kier molecular flexibility index (Phi) is 4.55. The normalized spacial score (nSPS) is 9.60. The van der Waals surface area contributed by atoms with Crippen LogP contribution in [0.15, 0.2) is 30.9 Å². The van der Waals surface area contributed by atoms with E-state index in [1.807, 2.05) is 12.1 Å². The monoisotopic (exact) mass is 202 g/mol. The Hall–Kier alpha value is -1.63. The molecule has 1 aromatic rings. The van der Waals surface area contributed by atoms with Crippen LogP contribution in [0.5, 0.6) is 0 Å². The van der Waals surface area contributed by atoms with Crippen molar-refractivity contribution in [2.75, 3.05) is 6.61 Å². The highest BCUT2D eigenvalue weighted by molar-refractivity contribution is 5.37. The van der Waals surface area contributed by atoms with E-state index in [0.29, 0.717) is 25.3 Å². The fourth-order valence-corrected chi connectivity index (χ4v) is 1.28. The van der Waals surface area contributed by atoms with Gasteiger partial charge >= 0.3 is 0 Å². The van der Waals surface area contributed by atoms with E-state index in [9.17, 15) is 0 Å². The lowest BCUT2D eigenvalue weighted by Gasteiger charge is -2.07. The van der Waals surface area contributed by atoms with Gasteiger partial charge in [-0.1, -0.05) is 12.1 Å². The SMILES string of the molecule is C=CCOCc1cc(C#N)ccc1CN. The molecular formula is C12H14N2O. The molecule has 3 heteroatoms. The molecule has 0 saturated carbocycles. The third kappa shape index (κ3) is 3.21. The molecule has 78 valence electrons. The number of hydrogen-bond acceptors (Lipinski definition) is 3. The molecule has 0 aliphatic rings. The fraction of sp³-hybridized carbons (Fsp3) is 0.250. The molecule has 0 radical (unpaired) electrons. The van der Waals surface area contributed by atoms with Crippen LogP contribution in [-0.2, 0) is 17.9 Å². The van der Waals surface area contributed by atoms with Crippen LogP contribution in [0.1, 0.15) is 16.7 Å². The Balaban J connectivity index is 2.82. The van der Waals surface area contributed by atoms with Gasteiger partial charge in [-0.15, -0.1) is 6.58 Å². The first-order chi connectivity index (χ1) is 7.31. The van der Waals surface area contributed by atoms with E-state index >= 15 is 0 Å². The molecule has 0 fully saturated rings. The first-order valence-corrected chi connectivity index (χ1v) is 4.72. The molecule has 0 amide bonds. The average Bonchev–Trinajstić information content (AvgIpc) is 2.29. The number of ether oxygens (including phenoxy) is 1. The van der Waals surface area contributed by atoms with Gasteiger partial charge in [-0.3, -0.25) is 0 Å². The Morgan fingerprint density at radius 2 is 2.27 bits per heavy atom. The predicted octanol–water partition coefficient (Wildman–Crippen LogP) is 1.72. The summed E-state index contributed by atoms with van der Waals surface area (Å²) in [6, 6.07) is 7.53. The summed E-state index contributed by atoms with van der Waals surface area (Å²) >= 11 is 0. The lowest BCUT2D eigenvalue weighted by Crippen LogP contribution is -2.04. The largest absolute Gasteiger partial charge is 0.373 e. The Bertz CT molecular complexity index is 380. The van der Waals surface area contributed by atoms with Crippen LogP contribution in [0.4, 0.5) is 0 Å². The summed E-state index contributed by atoms with van der Waals surface area (Å²) in [6.45, 7) is 4.99. The molecule has 3 nitrogen and oxygen atoms in total. The number of benzene rings is 1. The third-order valence-corrected chi connectivity index (χ3v) is 2.05. The van der Waals surface area contributed by atoms with Crippen LogP contribution in [0.3, 0.4) is 0 Å². The number of nitrogens with zero attached hydrogens (tertiary/aromatic N) is 1. The van der Waals surface area contributed by atoms with E-state index in [-0.39, 0.29) is 0 Å². The van der Waals surface area contributed by atoms with Crippen LogP contribution in [0, 0.1) is 11.3 Å². The molecule has 0 unspecified atom stereocenters. The van der Waals surface area contributed by atoms with Gasteiger partial charge in [0.1, 0.15) is 0 Å². The first-order valence-electron chi connectivity index (χ1n) is 4.72. The van der Waals surface area contributed by atoms with E-state index in [2.05, 4.69) is 12.6 Å². The highest BCUT2D eigenvalue weighted by Gasteiger charge is 2.02. The minimum Gasteiger partial charge on any atom is -0.373 e. The molecule has 2 N–H and O–H groups in total. The van der Waals surface area contributed by atoms with E-state index in [0.717, 1.165) is 11.1 Å². The highest BCUT2D eigenvalue weighted by atomic mass is 16.5. The second-order valence-corrected chi connectivity index (χ2v) is 3.10. The summed E-state index contributed by atoms with van der Waals surface area (Å²) in [5.74, 6) is 0. The Morgan fingerprint density at radius 1 is 1.47 bits per heavy atom. The maximum atomic E-state index is 8.76. The zero-order valence-corrected chi connectivity index (χ0v) is 8.57. The molecule has 0 aliphatic carbocycles. The number of rotatable bonds is 5. The molecule has 1 aromatic carbocycles. The third-order valence-electron chi connectivity index (χ3n) is 2.05. The second-order valence-electron chi connectivity index (χ2n) is 3.10. The summed E-state index contributed by atoms with van der Waals surface area (Å²) in [4.78, 5) is 0. The smallest absolute Gasteiger partial charge is 0.0991 e. The predicted molar refractivity (Wildman–Crippen MR) is 58.9 cm³/mol. The van der Waals surface area contributed by atoms with Gasteiger partial charge in [0.25, 0.3) is 0 Å². The lowest BCUT2D eigenvalue weighted by molar-refractivity contribution is 0.148. The molecule has 0 aromatic heterocycles. The van der Waals surface area contributed by atoms with E-state index < -0.39 is 0 Å². The van der Waals surface area contributed by atoms with Crippen LogP contribution < -0.4 is 5.73 Å². The van der Waals surface area contributed by atoms with Gasteiger partial charge in [-0.05, 0) is 23.3 Å². The van der Waals surface area contributed by atoms with Crippen molar-refractivity contribution >= 4 is 0 Å². The zero-order valence-electron chi connectivity index (χ0n) is 8.57. The van der Waals surface area contributed by atoms with Crippen LogP contribution in [-0.4, -0.2) is 6.61 Å². The van der Waals surface area contributed by atoms with Gasteiger partial charge in [0.15, 0.2) is 0 Å². The number of nitriles is 1. The molecule has 15 heavy (non-hydrogen) atoms. The topological polar surface area (TPSA) is 59.0 Å². The standard InChI is InChI=1S/C12H14N2O/c1-2-5-15-9-12-6-10(7-13)3-4-11(12)8-14/h2-4,6H,1,5,8-9,14H2. The van der Waals surface area contributed by atoms with E-state index in [1.54, 1.807) is 12.1 Å². The van der Waals surface area contributed by atoms with Gasteiger partial charge in [0, 0.05) is 6.54 Å². The second kappa shape index (κ2) is 5.97. The van der Waals surface area contributed by atoms with Crippen molar-refractivity contribution in [2.24, 2.45) is 5.73 Å². The van der Waals surface area contributed by atoms with Crippen molar-refractivity contribution in [3.8, 4) is 6.07 Å². The summed E-state index contributed by atoms with van der Waals surface area (Å²) < 4.78 is 5.33. The first kappa shape index (κ1) is 11.4. The minimum absolute atomic E-state index is 0.457. The van der Waals surface area contributed by atoms with Crippen molar-refractivity contribution in [1.82, 2.24) is 0 Å². The lowest BCUT2D eigenvalue weighted by atomic mass is 10.1. The van der Waals surface area contributed by atoms with Gasteiger partial charge in [-0.2, -0.15) is 5.26 Å². The van der Waals surface area contributed by atoms with Crippen molar-refractivity contribution in [2.45, 2.75) is 13.2 Å². The van der Waals surface area contributed by atoms with Crippen LogP contribution in [0.2, 0.25) is 0 Å². The Labute approximate surface area is 89.8 Å². The molecule has 0 bridgehead atoms. The Morgan fingerprint density at radius 3 is 2.87 bits per heavy atom. The summed E-state index contributed by atoms with van der Waals surface area (Å²) in [6.07, 6.45) is 1.69. The summed E-state index contributed by atoms with van der Waals surface area (Å²) in [5.41, 5.74) is 8.20. The van der Waals surface area contributed by atoms with Gasteiger partial charge in [0.05, 0.1) is 24.8 Å². The van der Waals surface area contributed by atoms with Gasteiger partial charge in [0.2, 0.25) is 0 Å². The van der Waals surface area contributed by atoms with E-state index in [4.69, 9.17) is 15.7 Å². The van der Waals surface area contributed by atoms with Crippen molar-refractivity contribution in [3.63, 3.8) is 0 Å². The number of hydrogen-bond donors (Lipinski definition) is 1. The van der Waals surface area contributed by atoms with Crippen LogP contribution >= 0.6 is 0 Å². The molecule has 0 saturated heterocycles. The minimum atomic E-state index is 0.457. The molecule has 0 atom stereocenters. The maximum Gasteiger partial charge on any atom is 0.0991 e. The fourth-order valence-electron chi connectivity index (χ4n) is 1.28. The molecule has 1 rings (SSSR count). The zero-order chi connectivity index (χ0) is 11.1. The highest BCUT2D eigenvalue weighted by Crippen LogP contribution is 2.12. The quantitative estimate of drug-likeness (QED) is 0.584. The molecular weight excluding hydrogens is 188 g/mol.